The largest absolute Gasteiger partial charge is 0.422 e. The summed E-state index contributed by atoms with van der Waals surface area (Å²) in [5, 5.41) is 3.46. The summed E-state index contributed by atoms with van der Waals surface area (Å²) in [4.78, 5) is 21.2. The molecule has 3 aromatic heterocycles. The Morgan fingerprint density at radius 1 is 0.862 bits per heavy atom. The number of benzene rings is 3. The van der Waals surface area contributed by atoms with Gasteiger partial charge in [0.05, 0.1) is 21.9 Å². The van der Waals surface area contributed by atoms with Crippen molar-refractivity contribution in [3.8, 4) is 11.1 Å². The third-order valence-electron chi connectivity index (χ3n) is 5.59. The zero-order chi connectivity index (χ0) is 19.5. The van der Waals surface area contributed by atoms with Crippen LogP contribution in [0.15, 0.2) is 82.1 Å². The number of fused-ring (bicyclic) bond motifs is 6. The van der Waals surface area contributed by atoms with Crippen LogP contribution in [0.5, 0.6) is 0 Å². The number of aryl methyl sites for hydroxylation is 1. The first kappa shape index (κ1) is 16.1. The molecule has 0 unspecified atom stereocenters. The quantitative estimate of drug-likeness (QED) is 0.219. The van der Waals surface area contributed by atoms with Gasteiger partial charge >= 0.3 is 5.63 Å². The van der Waals surface area contributed by atoms with E-state index in [1.807, 2.05) is 42.6 Å². The first-order chi connectivity index (χ1) is 14.2. The fraction of sp³-hybridized carbons (Fsp3) is 0.0400. The van der Waals surface area contributed by atoms with Crippen LogP contribution in [-0.2, 0) is 0 Å². The molecule has 3 aromatic carbocycles. The molecule has 0 aliphatic rings. The maximum atomic E-state index is 13.1. The zero-order valence-corrected chi connectivity index (χ0v) is 15.7. The lowest BCUT2D eigenvalue weighted by Crippen LogP contribution is -2.04. The van der Waals surface area contributed by atoms with Gasteiger partial charge in [-0.15, -0.1) is 0 Å². The van der Waals surface area contributed by atoms with Crippen LogP contribution in [0.1, 0.15) is 5.56 Å². The minimum absolute atomic E-state index is 0.344. The molecule has 138 valence electrons. The number of nitrogens with one attached hydrogen (secondary N) is 1. The molecule has 4 nitrogen and oxygen atoms in total. The first-order valence-electron chi connectivity index (χ1n) is 9.53. The van der Waals surface area contributed by atoms with Gasteiger partial charge in [-0.25, -0.2) is 4.79 Å². The van der Waals surface area contributed by atoms with Gasteiger partial charge in [0.2, 0.25) is 0 Å². The van der Waals surface area contributed by atoms with Crippen molar-refractivity contribution >= 4 is 43.7 Å². The van der Waals surface area contributed by atoms with Crippen molar-refractivity contribution in [2.75, 3.05) is 0 Å². The third-order valence-corrected chi connectivity index (χ3v) is 5.59. The normalized spacial score (nSPS) is 11.8. The van der Waals surface area contributed by atoms with E-state index in [0.29, 0.717) is 11.0 Å². The van der Waals surface area contributed by atoms with E-state index in [4.69, 9.17) is 4.42 Å². The second-order valence-corrected chi connectivity index (χ2v) is 7.37. The van der Waals surface area contributed by atoms with Crippen LogP contribution in [-0.4, -0.2) is 9.97 Å². The summed E-state index contributed by atoms with van der Waals surface area (Å²) in [6.45, 7) is 2.05. The van der Waals surface area contributed by atoms with E-state index in [1.165, 1.54) is 5.56 Å². The minimum Gasteiger partial charge on any atom is -0.422 e. The molecular weight excluding hydrogens is 360 g/mol. The van der Waals surface area contributed by atoms with Gasteiger partial charge in [0, 0.05) is 27.9 Å². The summed E-state index contributed by atoms with van der Waals surface area (Å²) in [5.41, 5.74) is 5.84. The van der Waals surface area contributed by atoms with Crippen molar-refractivity contribution in [2.24, 2.45) is 0 Å². The van der Waals surface area contributed by atoms with Gasteiger partial charge in [0.25, 0.3) is 0 Å². The Hall–Kier alpha value is -3.92. The molecule has 0 spiro atoms. The number of hydrogen-bond acceptors (Lipinski definition) is 3. The van der Waals surface area contributed by atoms with Crippen LogP contribution in [0.2, 0.25) is 0 Å². The predicted molar refractivity (Wildman–Crippen MR) is 117 cm³/mol. The highest BCUT2D eigenvalue weighted by atomic mass is 16.4. The molecule has 0 amide bonds. The van der Waals surface area contributed by atoms with E-state index in [2.05, 4.69) is 47.2 Å². The highest BCUT2D eigenvalue weighted by molar-refractivity contribution is 6.19. The van der Waals surface area contributed by atoms with E-state index in [1.54, 1.807) is 0 Å². The molecule has 0 atom stereocenters. The fourth-order valence-corrected chi connectivity index (χ4v) is 4.19. The molecule has 0 fully saturated rings. The molecule has 0 bridgehead atoms. The summed E-state index contributed by atoms with van der Waals surface area (Å²) in [6.07, 6.45) is 1.81. The minimum atomic E-state index is -0.344. The average Bonchev–Trinajstić information content (AvgIpc) is 3.22. The molecule has 0 saturated heterocycles. The van der Waals surface area contributed by atoms with Crippen LogP contribution in [0.4, 0.5) is 0 Å². The third kappa shape index (κ3) is 2.26. The Kier molecular flexibility index (Phi) is 3.21. The van der Waals surface area contributed by atoms with Crippen LogP contribution in [0.25, 0.3) is 54.8 Å². The Morgan fingerprint density at radius 3 is 2.55 bits per heavy atom. The van der Waals surface area contributed by atoms with Crippen LogP contribution < -0.4 is 5.63 Å². The van der Waals surface area contributed by atoms with Crippen LogP contribution in [0, 0.1) is 6.92 Å². The van der Waals surface area contributed by atoms with E-state index in [9.17, 15) is 4.79 Å². The van der Waals surface area contributed by atoms with Crippen LogP contribution >= 0.6 is 0 Å². The van der Waals surface area contributed by atoms with E-state index >= 15 is 0 Å². The van der Waals surface area contributed by atoms with Gasteiger partial charge in [-0.2, -0.15) is 0 Å². The molecule has 0 radical (unpaired) electrons. The van der Waals surface area contributed by atoms with E-state index in [-0.39, 0.29) is 5.63 Å². The van der Waals surface area contributed by atoms with E-state index in [0.717, 1.165) is 43.8 Å². The molecule has 0 saturated carbocycles. The summed E-state index contributed by atoms with van der Waals surface area (Å²) in [5.74, 6) is 0. The lowest BCUT2D eigenvalue weighted by Gasteiger charge is -2.13. The monoisotopic (exact) mass is 376 g/mol. The lowest BCUT2D eigenvalue weighted by atomic mass is 9.95. The Bertz CT molecular complexity index is 1620. The lowest BCUT2D eigenvalue weighted by molar-refractivity contribution is 0.569. The van der Waals surface area contributed by atoms with Gasteiger partial charge in [-0.1, -0.05) is 54.1 Å². The average molecular weight is 376 g/mol. The molecule has 0 aliphatic heterocycles. The van der Waals surface area contributed by atoms with Gasteiger partial charge in [0.1, 0.15) is 5.58 Å². The number of rotatable bonds is 1. The van der Waals surface area contributed by atoms with Crippen molar-refractivity contribution < 1.29 is 4.42 Å². The second kappa shape index (κ2) is 5.79. The maximum Gasteiger partial charge on any atom is 0.346 e. The summed E-state index contributed by atoms with van der Waals surface area (Å²) in [6, 6.07) is 21.9. The van der Waals surface area contributed by atoms with Gasteiger partial charge < -0.3 is 9.40 Å². The number of H-pyrrole nitrogens is 1. The number of para-hydroxylation sites is 1. The van der Waals surface area contributed by atoms with E-state index < -0.39 is 0 Å². The summed E-state index contributed by atoms with van der Waals surface area (Å²) < 4.78 is 5.69. The molecule has 3 heterocycles. The first-order valence-corrected chi connectivity index (χ1v) is 9.53. The Morgan fingerprint density at radius 2 is 1.69 bits per heavy atom. The number of aromatic amines is 1. The van der Waals surface area contributed by atoms with Crippen molar-refractivity contribution in [3.63, 3.8) is 0 Å². The number of hydrogen-bond donors (Lipinski definition) is 1. The zero-order valence-electron chi connectivity index (χ0n) is 15.7. The topological polar surface area (TPSA) is 58.9 Å². The van der Waals surface area contributed by atoms with Crippen molar-refractivity contribution in [1.82, 2.24) is 9.97 Å². The number of nitrogens with zero attached hydrogens (tertiary/aromatic N) is 1. The van der Waals surface area contributed by atoms with Gasteiger partial charge in [-0.05, 0) is 30.7 Å². The second-order valence-electron chi connectivity index (χ2n) is 7.37. The van der Waals surface area contributed by atoms with Crippen LogP contribution in [0.3, 0.4) is 0 Å². The molecular formula is C25H16N2O2. The molecule has 1 N–H and O–H groups in total. The standard InChI is InChI=1S/C25H16N2O2/c1-14-6-8-15(9-7-14)20-18-11-10-16-12-13-26-22(16)24(18)27-23-17-4-2-3-5-19(17)29-25(28)21(20)23/h2-13,27H,1H3. The van der Waals surface area contributed by atoms with Gasteiger partial charge in [-0.3, -0.25) is 4.98 Å². The highest BCUT2D eigenvalue weighted by Crippen LogP contribution is 2.37. The predicted octanol–water partition coefficient (Wildman–Crippen LogP) is 5.95. The number of aromatic nitrogens is 2. The fourth-order valence-electron chi connectivity index (χ4n) is 4.19. The molecule has 6 rings (SSSR count). The maximum absolute atomic E-state index is 13.1. The van der Waals surface area contributed by atoms with Gasteiger partial charge in [0.15, 0.2) is 0 Å². The molecule has 29 heavy (non-hydrogen) atoms. The SMILES string of the molecule is Cc1ccc(-c2c3ccc4ccnc4c3[nH]c3c2c(=O)oc2ccccc23)cc1. The summed E-state index contributed by atoms with van der Waals surface area (Å²) >= 11 is 0. The number of pyridine rings is 1. The van der Waals surface area contributed by atoms with Crippen molar-refractivity contribution in [3.05, 3.63) is 88.9 Å². The van der Waals surface area contributed by atoms with Crippen molar-refractivity contribution in [1.29, 1.82) is 0 Å². The smallest absolute Gasteiger partial charge is 0.346 e. The Balaban J connectivity index is 1.94. The Labute approximate surface area is 165 Å². The summed E-state index contributed by atoms with van der Waals surface area (Å²) in [7, 11) is 0. The van der Waals surface area contributed by atoms with Crippen molar-refractivity contribution in [2.45, 2.75) is 6.92 Å². The molecule has 0 aliphatic carbocycles. The molecule has 4 heteroatoms. The molecule has 6 aromatic rings. The highest BCUT2D eigenvalue weighted by Gasteiger charge is 2.18.